The van der Waals surface area contributed by atoms with E-state index >= 15 is 0 Å². The van der Waals surface area contributed by atoms with Gasteiger partial charge in [-0.15, -0.1) is 11.3 Å². The second-order valence-electron chi connectivity index (χ2n) is 4.81. The molecule has 3 aromatic rings. The maximum atomic E-state index is 12.3. The second kappa shape index (κ2) is 4.58. The first-order valence-corrected chi connectivity index (χ1v) is 7.30. The number of benzene rings is 1. The maximum absolute atomic E-state index is 12.3. The van der Waals surface area contributed by atoms with E-state index in [1.54, 1.807) is 19.1 Å². The maximum Gasteiger partial charge on any atom is 0.258 e. The van der Waals surface area contributed by atoms with Gasteiger partial charge in [-0.25, -0.2) is 9.83 Å². The Bertz CT molecular complexity index is 1010. The van der Waals surface area contributed by atoms with Crippen LogP contribution in [0.2, 0.25) is 0 Å². The van der Waals surface area contributed by atoms with Crippen LogP contribution >= 0.6 is 11.3 Å². The van der Waals surface area contributed by atoms with Gasteiger partial charge in [0.25, 0.3) is 5.56 Å². The van der Waals surface area contributed by atoms with Gasteiger partial charge in [-0.2, -0.15) is 0 Å². The van der Waals surface area contributed by atoms with Crippen LogP contribution in [0.5, 0.6) is 11.5 Å². The number of aromatic nitrogens is 2. The zero-order chi connectivity index (χ0) is 15.3. The van der Waals surface area contributed by atoms with E-state index in [1.807, 2.05) is 6.07 Å². The van der Waals surface area contributed by atoms with Crippen LogP contribution in [0.3, 0.4) is 0 Å². The monoisotopic (exact) mass is 311 g/mol. The van der Waals surface area contributed by atoms with Gasteiger partial charge in [0.1, 0.15) is 10.7 Å². The van der Waals surface area contributed by atoms with E-state index in [-0.39, 0.29) is 12.4 Å². The molecule has 2 aromatic heterocycles. The molecule has 0 unspecified atom stereocenters. The number of nitrogens with one attached hydrogen (secondary N) is 1. The summed E-state index contributed by atoms with van der Waals surface area (Å²) in [5.41, 5.74) is 1.18. The standard InChI is InChI=1S/C15H9N3O3S/c1-7-11-13(19)17-12(18-15(11)22-14(7)16-2)8-3-4-9-10(5-8)21-6-20-9/h3-5H,6H2,1H3,(H,17,18,19). The SMILES string of the molecule is [C-]#[N+]c1sc2nc(-c3ccc4c(c3)OCO4)[nH]c(=O)c2c1C. The van der Waals surface area contributed by atoms with Gasteiger partial charge in [-0.3, -0.25) is 4.79 Å². The van der Waals surface area contributed by atoms with E-state index < -0.39 is 0 Å². The normalized spacial score (nSPS) is 12.5. The molecule has 7 heteroatoms. The van der Waals surface area contributed by atoms with Crippen molar-refractivity contribution in [2.45, 2.75) is 6.92 Å². The van der Waals surface area contributed by atoms with Crippen LogP contribution in [0.15, 0.2) is 23.0 Å². The Balaban J connectivity index is 1.93. The molecule has 0 atom stereocenters. The highest BCUT2D eigenvalue weighted by Gasteiger charge is 2.17. The van der Waals surface area contributed by atoms with Crippen molar-refractivity contribution in [1.29, 1.82) is 0 Å². The number of thiophene rings is 1. The van der Waals surface area contributed by atoms with Crippen molar-refractivity contribution in [2.24, 2.45) is 0 Å². The smallest absolute Gasteiger partial charge is 0.258 e. The van der Waals surface area contributed by atoms with Crippen LogP contribution in [-0.4, -0.2) is 16.8 Å². The van der Waals surface area contributed by atoms with Gasteiger partial charge in [-0.1, -0.05) is 0 Å². The lowest BCUT2D eigenvalue weighted by Gasteiger charge is -2.03. The predicted molar refractivity (Wildman–Crippen MR) is 82.8 cm³/mol. The molecule has 3 heterocycles. The molecular formula is C15H9N3O3S. The zero-order valence-electron chi connectivity index (χ0n) is 11.5. The summed E-state index contributed by atoms with van der Waals surface area (Å²) in [4.78, 5) is 23.6. The van der Waals surface area contributed by atoms with Crippen molar-refractivity contribution in [1.82, 2.24) is 9.97 Å². The van der Waals surface area contributed by atoms with Gasteiger partial charge in [0.05, 0.1) is 12.0 Å². The fourth-order valence-corrected chi connectivity index (χ4v) is 3.39. The molecular weight excluding hydrogens is 302 g/mol. The number of H-pyrrole nitrogens is 1. The lowest BCUT2D eigenvalue weighted by atomic mass is 10.2. The molecule has 0 saturated heterocycles. The van der Waals surface area contributed by atoms with Crippen LogP contribution in [0, 0.1) is 13.5 Å². The summed E-state index contributed by atoms with van der Waals surface area (Å²) >= 11 is 1.23. The average molecular weight is 311 g/mol. The molecule has 1 N–H and O–H groups in total. The molecule has 1 aromatic carbocycles. The quantitative estimate of drug-likeness (QED) is 0.701. The number of nitrogens with zero attached hydrogens (tertiary/aromatic N) is 2. The minimum Gasteiger partial charge on any atom is -0.454 e. The van der Waals surface area contributed by atoms with E-state index in [0.717, 1.165) is 5.56 Å². The molecule has 6 nitrogen and oxygen atoms in total. The van der Waals surface area contributed by atoms with Crippen molar-refractivity contribution in [3.63, 3.8) is 0 Å². The molecule has 0 bridgehead atoms. The number of aryl methyl sites for hydroxylation is 1. The molecule has 1 aliphatic rings. The Morgan fingerprint density at radius 3 is 3.00 bits per heavy atom. The van der Waals surface area contributed by atoms with Crippen molar-refractivity contribution in [3.8, 4) is 22.9 Å². The molecule has 4 rings (SSSR count). The summed E-state index contributed by atoms with van der Waals surface area (Å²) in [6, 6.07) is 5.38. The van der Waals surface area contributed by atoms with E-state index in [0.29, 0.717) is 38.1 Å². The molecule has 0 amide bonds. The van der Waals surface area contributed by atoms with Crippen LogP contribution in [0.1, 0.15) is 5.56 Å². The summed E-state index contributed by atoms with van der Waals surface area (Å²) in [5, 5.41) is 0.983. The number of aromatic amines is 1. The summed E-state index contributed by atoms with van der Waals surface area (Å²) in [6.45, 7) is 9.12. The fourth-order valence-electron chi connectivity index (χ4n) is 2.42. The van der Waals surface area contributed by atoms with Gasteiger partial charge < -0.3 is 14.5 Å². The Kier molecular flexibility index (Phi) is 2.68. The number of hydrogen-bond donors (Lipinski definition) is 1. The van der Waals surface area contributed by atoms with E-state index in [9.17, 15) is 4.79 Å². The Morgan fingerprint density at radius 2 is 2.18 bits per heavy atom. The largest absolute Gasteiger partial charge is 0.454 e. The van der Waals surface area contributed by atoms with Crippen molar-refractivity contribution >= 4 is 26.6 Å². The number of fused-ring (bicyclic) bond motifs is 2. The van der Waals surface area contributed by atoms with Crippen LogP contribution in [0.4, 0.5) is 5.00 Å². The van der Waals surface area contributed by atoms with Crippen LogP contribution in [0.25, 0.3) is 26.4 Å². The van der Waals surface area contributed by atoms with Crippen LogP contribution < -0.4 is 15.0 Å². The lowest BCUT2D eigenvalue weighted by Crippen LogP contribution is -2.08. The highest BCUT2D eigenvalue weighted by Crippen LogP contribution is 2.37. The highest BCUT2D eigenvalue weighted by molar-refractivity contribution is 7.22. The van der Waals surface area contributed by atoms with Crippen molar-refractivity contribution < 1.29 is 9.47 Å². The summed E-state index contributed by atoms with van der Waals surface area (Å²) in [7, 11) is 0. The summed E-state index contributed by atoms with van der Waals surface area (Å²) in [5.74, 6) is 1.76. The number of hydrogen-bond acceptors (Lipinski definition) is 5. The minimum absolute atomic E-state index is 0.195. The predicted octanol–water partition coefficient (Wildman–Crippen LogP) is 3.24. The highest BCUT2D eigenvalue weighted by atomic mass is 32.1. The first kappa shape index (κ1) is 12.9. The molecule has 22 heavy (non-hydrogen) atoms. The first-order valence-electron chi connectivity index (χ1n) is 6.48. The van der Waals surface area contributed by atoms with Gasteiger partial charge in [0.2, 0.25) is 11.8 Å². The second-order valence-corrected chi connectivity index (χ2v) is 5.78. The van der Waals surface area contributed by atoms with Crippen LogP contribution in [-0.2, 0) is 0 Å². The Labute approximate surface area is 128 Å². The van der Waals surface area contributed by atoms with Crippen molar-refractivity contribution in [3.05, 3.63) is 45.5 Å². The third-order valence-electron chi connectivity index (χ3n) is 3.52. The lowest BCUT2D eigenvalue weighted by molar-refractivity contribution is 0.174. The summed E-state index contributed by atoms with van der Waals surface area (Å²) < 4.78 is 10.6. The third kappa shape index (κ3) is 1.78. The van der Waals surface area contributed by atoms with Gasteiger partial charge in [0, 0.05) is 5.56 Å². The Morgan fingerprint density at radius 1 is 1.36 bits per heavy atom. The number of rotatable bonds is 1. The molecule has 0 aliphatic carbocycles. The molecule has 108 valence electrons. The molecule has 0 spiro atoms. The average Bonchev–Trinajstić information content (AvgIpc) is 3.10. The molecule has 1 aliphatic heterocycles. The summed E-state index contributed by atoms with van der Waals surface area (Å²) in [6.07, 6.45) is 0. The van der Waals surface area contributed by atoms with E-state index in [4.69, 9.17) is 16.0 Å². The topological polar surface area (TPSA) is 68.6 Å². The Hall–Kier alpha value is -2.85. The third-order valence-corrected chi connectivity index (χ3v) is 4.60. The van der Waals surface area contributed by atoms with Gasteiger partial charge >= 0.3 is 0 Å². The van der Waals surface area contributed by atoms with E-state index in [1.165, 1.54) is 11.3 Å². The molecule has 0 radical (unpaired) electrons. The first-order chi connectivity index (χ1) is 10.7. The fraction of sp³-hybridized carbons (Fsp3) is 0.133. The zero-order valence-corrected chi connectivity index (χ0v) is 12.3. The van der Waals surface area contributed by atoms with Crippen molar-refractivity contribution in [2.75, 3.05) is 6.79 Å². The van der Waals surface area contributed by atoms with Gasteiger partial charge in [-0.05, 0) is 30.7 Å². The molecule has 0 fully saturated rings. The minimum atomic E-state index is -0.235. The molecule has 0 saturated carbocycles. The number of ether oxygens (including phenoxy) is 2. The van der Waals surface area contributed by atoms with E-state index in [2.05, 4.69) is 14.8 Å². The van der Waals surface area contributed by atoms with Gasteiger partial charge in [0.15, 0.2) is 11.5 Å².